The molecule has 0 bridgehead atoms. The molecule has 0 saturated heterocycles. The molecule has 1 aromatic rings. The lowest BCUT2D eigenvalue weighted by Gasteiger charge is -2.03. The van der Waals surface area contributed by atoms with E-state index < -0.39 is 0 Å². The topological polar surface area (TPSA) is 56.4 Å². The number of nitriles is 1. The fraction of sp³-hybridized carbons (Fsp3) is 0. The molecule has 0 atom stereocenters. The molecule has 0 unspecified atom stereocenters. The molecular weight excluding hydrogens is 427 g/mol. The monoisotopic (exact) mass is 432 g/mol. The highest BCUT2D eigenvalue weighted by molar-refractivity contribution is 14.1. The van der Waals surface area contributed by atoms with Gasteiger partial charge in [0.1, 0.15) is 11.1 Å². The number of rotatable bonds is 1. The minimum absolute atomic E-state index is 0.457. The average Bonchev–Trinajstić information content (AvgIpc) is 2.74. The summed E-state index contributed by atoms with van der Waals surface area (Å²) >= 11 is 6.84. The molecule has 1 heterocycles. The van der Waals surface area contributed by atoms with Gasteiger partial charge < -0.3 is 5.21 Å². The Kier molecular flexibility index (Phi) is 4.48. The van der Waals surface area contributed by atoms with Gasteiger partial charge in [-0.2, -0.15) is 5.26 Å². The Morgan fingerprint density at radius 3 is 2.61 bits per heavy atom. The predicted octanol–water partition coefficient (Wildman–Crippen LogP) is 4.54. The minimum atomic E-state index is 0.457. The summed E-state index contributed by atoms with van der Waals surface area (Å²) in [6, 6.07) is 9.64. The number of allylic oxidation sites excluding steroid dienone is 2. The lowest BCUT2D eigenvalue weighted by molar-refractivity contribution is 0.321. The molecule has 0 amide bonds. The van der Waals surface area contributed by atoms with Crippen LogP contribution in [0, 0.1) is 11.3 Å². The third-order valence-corrected chi connectivity index (χ3v) is 4.60. The van der Waals surface area contributed by atoms with Crippen LogP contribution in [0.25, 0.3) is 5.57 Å². The highest BCUT2D eigenvalue weighted by atomic mass is 127. The van der Waals surface area contributed by atoms with E-state index in [1.54, 1.807) is 0 Å². The average molecular weight is 433 g/mol. The molecule has 18 heavy (non-hydrogen) atoms. The van der Waals surface area contributed by atoms with E-state index in [4.69, 9.17) is 5.21 Å². The molecule has 0 aromatic heterocycles. The molecule has 0 radical (unpaired) electrons. The molecule has 0 saturated carbocycles. The Morgan fingerprint density at radius 1 is 1.39 bits per heavy atom. The molecule has 1 aromatic carbocycles. The fourth-order valence-electron chi connectivity index (χ4n) is 1.50. The smallest absolute Gasteiger partial charge is 0.149 e. The minimum Gasteiger partial charge on any atom is -0.410 e. The largest absolute Gasteiger partial charge is 0.410 e. The van der Waals surface area contributed by atoms with E-state index in [0.29, 0.717) is 16.2 Å². The number of benzene rings is 1. The van der Waals surface area contributed by atoms with Crippen molar-refractivity contribution < 1.29 is 5.21 Å². The molecule has 90 valence electrons. The third-order valence-electron chi connectivity index (χ3n) is 2.29. The molecule has 0 spiro atoms. The summed E-state index contributed by atoms with van der Waals surface area (Å²) in [5.74, 6) is 0. The van der Waals surface area contributed by atoms with Crippen LogP contribution in [0.3, 0.4) is 0 Å². The van der Waals surface area contributed by atoms with Crippen molar-refractivity contribution in [2.75, 3.05) is 0 Å². The second-order valence-electron chi connectivity index (χ2n) is 3.36. The third kappa shape index (κ3) is 2.79. The van der Waals surface area contributed by atoms with Crippen LogP contribution in [0.5, 0.6) is 0 Å². The molecule has 0 aliphatic carbocycles. The van der Waals surface area contributed by atoms with E-state index in [1.165, 1.54) is 11.8 Å². The van der Waals surface area contributed by atoms with Crippen molar-refractivity contribution in [2.24, 2.45) is 5.16 Å². The van der Waals surface area contributed by atoms with E-state index in [-0.39, 0.29) is 0 Å². The summed E-state index contributed by atoms with van der Waals surface area (Å²) in [4.78, 5) is 0. The number of thioether (sulfide) groups is 1. The van der Waals surface area contributed by atoms with Crippen LogP contribution in [0.2, 0.25) is 0 Å². The van der Waals surface area contributed by atoms with Gasteiger partial charge >= 0.3 is 0 Å². The van der Waals surface area contributed by atoms with Crippen LogP contribution in [0.15, 0.2) is 48.5 Å². The number of nitrogens with zero attached hydrogens (tertiary/aromatic N) is 2. The first-order valence-corrected chi connectivity index (χ1v) is 7.52. The van der Waals surface area contributed by atoms with Gasteiger partial charge in [0, 0.05) is 10.0 Å². The van der Waals surface area contributed by atoms with Gasteiger partial charge in [-0.05, 0) is 46.4 Å². The summed E-state index contributed by atoms with van der Waals surface area (Å²) in [5, 5.41) is 22.0. The maximum atomic E-state index is 9.31. The standard InChI is InChI=1S/C12H6BrIN2OS/c13-8-3-1-7(2-4-8)10(6-15)9-5-11(14)18-12(9)16-17/h1-5,17H/b10-9+,16-12+. The highest BCUT2D eigenvalue weighted by Gasteiger charge is 2.21. The van der Waals surface area contributed by atoms with E-state index in [2.05, 4.69) is 49.7 Å². The number of oxime groups is 1. The molecule has 6 heteroatoms. The Bertz CT molecular complexity index is 614. The van der Waals surface area contributed by atoms with Gasteiger partial charge in [-0.3, -0.25) is 0 Å². The first-order valence-electron chi connectivity index (χ1n) is 4.83. The van der Waals surface area contributed by atoms with Crippen molar-refractivity contribution in [1.82, 2.24) is 0 Å². The van der Waals surface area contributed by atoms with Gasteiger partial charge in [0.15, 0.2) is 0 Å². The van der Waals surface area contributed by atoms with Crippen molar-refractivity contribution in [3.63, 3.8) is 0 Å². The summed E-state index contributed by atoms with van der Waals surface area (Å²) in [5.41, 5.74) is 1.98. The fourth-order valence-corrected chi connectivity index (χ4v) is 3.38. The summed E-state index contributed by atoms with van der Waals surface area (Å²) < 4.78 is 1.93. The summed E-state index contributed by atoms with van der Waals surface area (Å²) in [6.45, 7) is 0. The number of halogens is 2. The lowest BCUT2D eigenvalue weighted by atomic mass is 10.0. The zero-order chi connectivity index (χ0) is 13.1. The Hall–Kier alpha value is -0.780. The van der Waals surface area contributed by atoms with E-state index >= 15 is 0 Å². The SMILES string of the molecule is N#C/C(=C1/C=C(I)S/C1=N/O)c1ccc(Br)cc1. The second-order valence-corrected chi connectivity index (χ2v) is 7.20. The van der Waals surface area contributed by atoms with Crippen molar-refractivity contribution >= 4 is 60.9 Å². The molecule has 3 nitrogen and oxygen atoms in total. The lowest BCUT2D eigenvalue weighted by Crippen LogP contribution is -1.95. The van der Waals surface area contributed by atoms with Crippen molar-refractivity contribution in [1.29, 1.82) is 5.26 Å². The Labute approximate surface area is 131 Å². The molecule has 0 fully saturated rings. The number of hydrogen-bond acceptors (Lipinski definition) is 4. The van der Waals surface area contributed by atoms with E-state index in [1.807, 2.05) is 30.3 Å². The quantitative estimate of drug-likeness (QED) is 0.307. The molecule has 1 N–H and O–H groups in total. The summed E-state index contributed by atoms with van der Waals surface area (Å²) in [7, 11) is 0. The Balaban J connectivity index is 2.58. The maximum Gasteiger partial charge on any atom is 0.149 e. The van der Waals surface area contributed by atoms with Crippen molar-refractivity contribution in [2.45, 2.75) is 0 Å². The van der Waals surface area contributed by atoms with Crippen LogP contribution in [0.4, 0.5) is 0 Å². The maximum absolute atomic E-state index is 9.31. The second kappa shape index (κ2) is 5.91. The molecular formula is C12H6BrIN2OS. The molecule has 1 aliphatic heterocycles. The molecule has 2 rings (SSSR count). The van der Waals surface area contributed by atoms with Crippen LogP contribution in [0.1, 0.15) is 5.56 Å². The van der Waals surface area contributed by atoms with Crippen LogP contribution in [-0.2, 0) is 0 Å². The van der Waals surface area contributed by atoms with E-state index in [0.717, 1.165) is 12.9 Å². The van der Waals surface area contributed by atoms with E-state index in [9.17, 15) is 5.26 Å². The first kappa shape index (κ1) is 13.6. The number of hydrogen-bond donors (Lipinski definition) is 1. The zero-order valence-corrected chi connectivity index (χ0v) is 13.5. The Morgan fingerprint density at radius 2 is 2.06 bits per heavy atom. The van der Waals surface area contributed by atoms with Crippen LogP contribution < -0.4 is 0 Å². The normalized spacial score (nSPS) is 19.6. The van der Waals surface area contributed by atoms with Crippen molar-refractivity contribution in [3.8, 4) is 6.07 Å². The van der Waals surface area contributed by atoms with Gasteiger partial charge in [-0.15, -0.1) is 0 Å². The van der Waals surface area contributed by atoms with Crippen molar-refractivity contribution in [3.05, 3.63) is 48.9 Å². The van der Waals surface area contributed by atoms with Gasteiger partial charge in [0.2, 0.25) is 0 Å². The van der Waals surface area contributed by atoms with Gasteiger partial charge in [-0.25, -0.2) is 0 Å². The zero-order valence-electron chi connectivity index (χ0n) is 8.89. The highest BCUT2D eigenvalue weighted by Crippen LogP contribution is 2.39. The predicted molar refractivity (Wildman–Crippen MR) is 85.6 cm³/mol. The van der Waals surface area contributed by atoms with Crippen LogP contribution >= 0.6 is 50.3 Å². The molecule has 1 aliphatic rings. The summed E-state index contributed by atoms with van der Waals surface area (Å²) in [6.07, 6.45) is 1.85. The van der Waals surface area contributed by atoms with Gasteiger partial charge in [0.05, 0.1) is 8.48 Å². The van der Waals surface area contributed by atoms with Gasteiger partial charge in [-0.1, -0.05) is 45.0 Å². The van der Waals surface area contributed by atoms with Crippen LogP contribution in [-0.4, -0.2) is 10.3 Å². The van der Waals surface area contributed by atoms with Gasteiger partial charge in [0.25, 0.3) is 0 Å². The first-order chi connectivity index (χ1) is 8.65.